The molecule has 0 saturated carbocycles. The van der Waals surface area contributed by atoms with Gasteiger partial charge in [0.15, 0.2) is 0 Å². The molecule has 0 bridgehead atoms. The van der Waals surface area contributed by atoms with E-state index in [0.717, 1.165) is 19.0 Å². The number of thiophene rings is 1. The fourth-order valence-electron chi connectivity index (χ4n) is 2.52. The van der Waals surface area contributed by atoms with Crippen molar-refractivity contribution in [3.8, 4) is 0 Å². The van der Waals surface area contributed by atoms with Gasteiger partial charge in [0.25, 0.3) is 0 Å². The van der Waals surface area contributed by atoms with E-state index >= 15 is 0 Å². The zero-order chi connectivity index (χ0) is 12.3. The molecule has 1 aromatic rings. The number of hydrogen-bond donors (Lipinski definition) is 1. The van der Waals surface area contributed by atoms with E-state index in [1.165, 1.54) is 24.4 Å². The first-order valence-corrected chi connectivity index (χ1v) is 7.49. The summed E-state index contributed by atoms with van der Waals surface area (Å²) in [5.41, 5.74) is 0. The summed E-state index contributed by atoms with van der Waals surface area (Å²) >= 11 is 1.97. The van der Waals surface area contributed by atoms with E-state index in [-0.39, 0.29) is 24.8 Å². The lowest BCUT2D eigenvalue weighted by Crippen LogP contribution is -2.45. The van der Waals surface area contributed by atoms with E-state index in [1.54, 1.807) is 4.88 Å². The summed E-state index contributed by atoms with van der Waals surface area (Å²) in [6.45, 7) is 11.5. The van der Waals surface area contributed by atoms with Gasteiger partial charge in [0, 0.05) is 42.0 Å². The highest BCUT2D eigenvalue weighted by Gasteiger charge is 2.23. The molecule has 5 heteroatoms. The largest absolute Gasteiger partial charge is 0.314 e. The van der Waals surface area contributed by atoms with Crippen LogP contribution in [0.1, 0.15) is 36.1 Å². The molecule has 1 N–H and O–H groups in total. The topological polar surface area (TPSA) is 15.3 Å². The Morgan fingerprint density at radius 1 is 1.21 bits per heavy atom. The van der Waals surface area contributed by atoms with Crippen molar-refractivity contribution in [2.75, 3.05) is 26.2 Å². The maximum absolute atomic E-state index is 3.44. The average Bonchev–Trinajstić information content (AvgIpc) is 2.73. The summed E-state index contributed by atoms with van der Waals surface area (Å²) in [5.74, 6) is 0.761. The molecule has 1 aliphatic heterocycles. The summed E-state index contributed by atoms with van der Waals surface area (Å²) in [6, 6.07) is 5.22. The molecule has 0 unspecified atom stereocenters. The van der Waals surface area contributed by atoms with Crippen LogP contribution in [0.5, 0.6) is 0 Å². The van der Waals surface area contributed by atoms with Crippen molar-refractivity contribution in [2.24, 2.45) is 5.92 Å². The highest BCUT2D eigenvalue weighted by atomic mass is 35.5. The van der Waals surface area contributed by atoms with Crippen molar-refractivity contribution in [3.05, 3.63) is 21.9 Å². The Labute approximate surface area is 133 Å². The lowest BCUT2D eigenvalue weighted by atomic mass is 10.0. The normalized spacial score (nSPS) is 17.7. The second-order valence-corrected chi connectivity index (χ2v) is 6.70. The highest BCUT2D eigenvalue weighted by Crippen LogP contribution is 2.32. The van der Waals surface area contributed by atoms with E-state index in [4.69, 9.17) is 0 Å². The van der Waals surface area contributed by atoms with Gasteiger partial charge in [-0.3, -0.25) is 4.90 Å². The molecule has 112 valence electrons. The van der Waals surface area contributed by atoms with Crippen LogP contribution in [0.25, 0.3) is 0 Å². The number of piperazine rings is 1. The summed E-state index contributed by atoms with van der Waals surface area (Å²) in [6.07, 6.45) is 1.28. The Balaban J connectivity index is 0.00000162. The Kier molecular flexibility index (Phi) is 9.29. The number of halogens is 2. The minimum absolute atomic E-state index is 0. The van der Waals surface area contributed by atoms with Crippen LogP contribution in [0.2, 0.25) is 0 Å². The number of rotatable bonds is 4. The fourth-order valence-corrected chi connectivity index (χ4v) is 3.54. The molecule has 0 radical (unpaired) electrons. The van der Waals surface area contributed by atoms with Gasteiger partial charge < -0.3 is 5.32 Å². The molecule has 0 amide bonds. The molecule has 2 rings (SSSR count). The lowest BCUT2D eigenvalue weighted by Gasteiger charge is -2.35. The van der Waals surface area contributed by atoms with Gasteiger partial charge >= 0.3 is 0 Å². The van der Waals surface area contributed by atoms with Gasteiger partial charge in [-0.05, 0) is 31.4 Å². The van der Waals surface area contributed by atoms with Crippen LogP contribution in [0.3, 0.4) is 0 Å². The van der Waals surface area contributed by atoms with E-state index in [1.807, 2.05) is 11.3 Å². The number of aryl methyl sites for hydroxylation is 1. The van der Waals surface area contributed by atoms with Crippen molar-refractivity contribution in [3.63, 3.8) is 0 Å². The third-order valence-corrected chi connectivity index (χ3v) is 4.48. The van der Waals surface area contributed by atoms with E-state index in [0.29, 0.717) is 6.04 Å². The molecule has 19 heavy (non-hydrogen) atoms. The van der Waals surface area contributed by atoms with Crippen LogP contribution < -0.4 is 5.32 Å². The number of nitrogens with one attached hydrogen (secondary N) is 1. The second-order valence-electron chi connectivity index (χ2n) is 5.38. The van der Waals surface area contributed by atoms with Gasteiger partial charge in [-0.15, -0.1) is 36.2 Å². The van der Waals surface area contributed by atoms with E-state index in [2.05, 4.69) is 43.1 Å². The molecule has 1 aliphatic rings. The fraction of sp³-hybridized carbons (Fsp3) is 0.714. The Hall–Kier alpha value is 0.200. The first-order valence-electron chi connectivity index (χ1n) is 6.68. The van der Waals surface area contributed by atoms with E-state index < -0.39 is 0 Å². The summed E-state index contributed by atoms with van der Waals surface area (Å²) in [4.78, 5) is 5.64. The lowest BCUT2D eigenvalue weighted by molar-refractivity contribution is 0.156. The minimum Gasteiger partial charge on any atom is -0.314 e. The molecule has 0 spiro atoms. The minimum atomic E-state index is 0. The van der Waals surface area contributed by atoms with Crippen molar-refractivity contribution < 1.29 is 0 Å². The second kappa shape index (κ2) is 9.19. The van der Waals surface area contributed by atoms with Gasteiger partial charge in [0.05, 0.1) is 0 Å². The molecule has 1 aromatic heterocycles. The zero-order valence-electron chi connectivity index (χ0n) is 12.0. The summed E-state index contributed by atoms with van der Waals surface area (Å²) in [7, 11) is 0. The van der Waals surface area contributed by atoms with Crippen LogP contribution in [-0.2, 0) is 0 Å². The first kappa shape index (κ1) is 19.2. The van der Waals surface area contributed by atoms with Crippen LogP contribution in [-0.4, -0.2) is 31.1 Å². The quantitative estimate of drug-likeness (QED) is 0.903. The molecule has 0 aliphatic carbocycles. The molecule has 1 fully saturated rings. The maximum atomic E-state index is 3.44. The molecular formula is C14H26Cl2N2S. The number of hydrogen-bond acceptors (Lipinski definition) is 3. The first-order chi connectivity index (χ1) is 8.16. The van der Waals surface area contributed by atoms with Crippen molar-refractivity contribution in [1.82, 2.24) is 10.2 Å². The summed E-state index contributed by atoms with van der Waals surface area (Å²) < 4.78 is 0. The van der Waals surface area contributed by atoms with Crippen LogP contribution >= 0.6 is 36.2 Å². The van der Waals surface area contributed by atoms with Crippen LogP contribution in [0.4, 0.5) is 0 Å². The monoisotopic (exact) mass is 324 g/mol. The SMILES string of the molecule is Cc1ccc([C@H](CC(C)C)N2CCNCC2)s1.Cl.Cl. The molecule has 1 saturated heterocycles. The van der Waals surface area contributed by atoms with Gasteiger partial charge in [-0.2, -0.15) is 0 Å². The molecule has 1 atom stereocenters. The van der Waals surface area contributed by atoms with Crippen molar-refractivity contribution >= 4 is 36.2 Å². The Morgan fingerprint density at radius 3 is 2.32 bits per heavy atom. The summed E-state index contributed by atoms with van der Waals surface area (Å²) in [5, 5.41) is 3.44. The zero-order valence-corrected chi connectivity index (χ0v) is 14.5. The van der Waals surface area contributed by atoms with Gasteiger partial charge in [-0.1, -0.05) is 13.8 Å². The standard InChI is InChI=1S/C14H24N2S.2ClH/c1-11(2)10-13(14-5-4-12(3)17-14)16-8-6-15-7-9-16;;/h4-5,11,13,15H,6-10H2,1-3H3;2*1H/t13-;;/m0../s1. The van der Waals surface area contributed by atoms with Gasteiger partial charge in [-0.25, -0.2) is 0 Å². The average molecular weight is 325 g/mol. The third kappa shape index (κ3) is 5.60. The Morgan fingerprint density at radius 2 is 1.84 bits per heavy atom. The van der Waals surface area contributed by atoms with E-state index in [9.17, 15) is 0 Å². The third-order valence-electron chi connectivity index (χ3n) is 3.38. The molecule has 0 aromatic carbocycles. The molecule has 2 heterocycles. The Bertz CT molecular complexity index is 349. The van der Waals surface area contributed by atoms with Crippen LogP contribution in [0, 0.1) is 12.8 Å². The highest BCUT2D eigenvalue weighted by molar-refractivity contribution is 7.12. The smallest absolute Gasteiger partial charge is 0.0445 e. The molecular weight excluding hydrogens is 299 g/mol. The number of nitrogens with zero attached hydrogens (tertiary/aromatic N) is 1. The van der Waals surface area contributed by atoms with Crippen molar-refractivity contribution in [2.45, 2.75) is 33.2 Å². The van der Waals surface area contributed by atoms with Gasteiger partial charge in [0.2, 0.25) is 0 Å². The maximum Gasteiger partial charge on any atom is 0.0445 e. The molecule has 2 nitrogen and oxygen atoms in total. The predicted octanol–water partition coefficient (Wildman–Crippen LogP) is 3.89. The van der Waals surface area contributed by atoms with Crippen molar-refractivity contribution in [1.29, 1.82) is 0 Å². The van der Waals surface area contributed by atoms with Gasteiger partial charge in [0.1, 0.15) is 0 Å². The van der Waals surface area contributed by atoms with Crippen LogP contribution in [0.15, 0.2) is 12.1 Å². The predicted molar refractivity (Wildman–Crippen MR) is 90.2 cm³/mol.